The maximum atomic E-state index is 13.5. The summed E-state index contributed by atoms with van der Waals surface area (Å²) in [6, 6.07) is 3.52. The number of rotatable bonds is 8. The first kappa shape index (κ1) is 17.0. The Bertz CT molecular complexity index is 534. The third-order valence-electron chi connectivity index (χ3n) is 2.81. The molecule has 0 aliphatic heterocycles. The number of ether oxygens (including phenoxy) is 1. The standard InChI is InChI=1S/C13H21FN2O3S/c1-10(6-7-19-3)16-20(17,18)12-4-5-13(14)11(8-12)9-15-2/h4-5,8,10,15-16H,6-7,9H2,1-3H3. The molecule has 5 nitrogen and oxygen atoms in total. The molecule has 2 N–H and O–H groups in total. The van der Waals surface area contributed by atoms with E-state index >= 15 is 0 Å². The van der Waals surface area contributed by atoms with Gasteiger partial charge < -0.3 is 10.1 Å². The van der Waals surface area contributed by atoms with Crippen molar-refractivity contribution < 1.29 is 17.5 Å². The van der Waals surface area contributed by atoms with Gasteiger partial charge in [0.05, 0.1) is 4.90 Å². The van der Waals surface area contributed by atoms with E-state index in [1.54, 1.807) is 21.1 Å². The SMILES string of the molecule is CNCc1cc(S(=O)(=O)NC(C)CCOC)ccc1F. The van der Waals surface area contributed by atoms with Crippen LogP contribution < -0.4 is 10.0 Å². The Balaban J connectivity index is 2.89. The van der Waals surface area contributed by atoms with E-state index in [9.17, 15) is 12.8 Å². The lowest BCUT2D eigenvalue weighted by Gasteiger charge is -2.14. The van der Waals surface area contributed by atoms with Gasteiger partial charge in [0, 0.05) is 31.9 Å². The van der Waals surface area contributed by atoms with Gasteiger partial charge >= 0.3 is 0 Å². The highest BCUT2D eigenvalue weighted by atomic mass is 32.2. The predicted molar refractivity (Wildman–Crippen MR) is 75.4 cm³/mol. The molecule has 114 valence electrons. The summed E-state index contributed by atoms with van der Waals surface area (Å²) in [7, 11) is -0.414. The van der Waals surface area contributed by atoms with Gasteiger partial charge in [-0.25, -0.2) is 17.5 Å². The van der Waals surface area contributed by atoms with Gasteiger partial charge in [-0.15, -0.1) is 0 Å². The summed E-state index contributed by atoms with van der Waals surface area (Å²) < 4.78 is 45.3. The van der Waals surface area contributed by atoms with E-state index in [1.807, 2.05) is 0 Å². The molecule has 1 aromatic rings. The molecule has 7 heteroatoms. The minimum absolute atomic E-state index is 0.0633. The number of hydrogen-bond acceptors (Lipinski definition) is 4. The number of halogens is 1. The summed E-state index contributed by atoms with van der Waals surface area (Å²) in [5, 5.41) is 2.80. The minimum atomic E-state index is -3.65. The maximum Gasteiger partial charge on any atom is 0.240 e. The average Bonchev–Trinajstić information content (AvgIpc) is 2.38. The second-order valence-electron chi connectivity index (χ2n) is 4.59. The van der Waals surface area contributed by atoms with Crippen LogP contribution in [-0.4, -0.2) is 35.2 Å². The number of hydrogen-bond donors (Lipinski definition) is 2. The predicted octanol–water partition coefficient (Wildman–Crippen LogP) is 1.25. The van der Waals surface area contributed by atoms with Crippen LogP contribution in [0.4, 0.5) is 4.39 Å². The molecule has 1 aromatic carbocycles. The second kappa shape index (κ2) is 7.68. The van der Waals surface area contributed by atoms with E-state index in [4.69, 9.17) is 4.74 Å². The van der Waals surface area contributed by atoms with Crippen molar-refractivity contribution in [2.45, 2.75) is 30.8 Å². The van der Waals surface area contributed by atoms with Crippen LogP contribution in [0.2, 0.25) is 0 Å². The van der Waals surface area contributed by atoms with Gasteiger partial charge in [-0.05, 0) is 38.6 Å². The summed E-state index contributed by atoms with van der Waals surface area (Å²) in [4.78, 5) is 0.0633. The molecule has 0 fully saturated rings. The number of methoxy groups -OCH3 is 1. The van der Waals surface area contributed by atoms with E-state index in [1.165, 1.54) is 18.2 Å². The fraction of sp³-hybridized carbons (Fsp3) is 0.538. The van der Waals surface area contributed by atoms with Crippen molar-refractivity contribution in [3.05, 3.63) is 29.6 Å². The summed E-state index contributed by atoms with van der Waals surface area (Å²) in [5.41, 5.74) is 0.319. The molecular weight excluding hydrogens is 283 g/mol. The van der Waals surface area contributed by atoms with Gasteiger partial charge in [0.2, 0.25) is 10.0 Å². The zero-order chi connectivity index (χ0) is 15.2. The van der Waals surface area contributed by atoms with Crippen LogP contribution in [0.25, 0.3) is 0 Å². The molecule has 0 aliphatic carbocycles. The highest BCUT2D eigenvalue weighted by Crippen LogP contribution is 2.15. The van der Waals surface area contributed by atoms with Gasteiger partial charge in [-0.2, -0.15) is 0 Å². The molecule has 0 bridgehead atoms. The molecular formula is C13H21FN2O3S. The van der Waals surface area contributed by atoms with Gasteiger partial charge in [-0.3, -0.25) is 0 Å². The zero-order valence-electron chi connectivity index (χ0n) is 11.9. The number of nitrogens with one attached hydrogen (secondary N) is 2. The molecule has 0 spiro atoms. The zero-order valence-corrected chi connectivity index (χ0v) is 12.8. The van der Waals surface area contributed by atoms with Crippen molar-refractivity contribution in [3.8, 4) is 0 Å². The number of benzene rings is 1. The monoisotopic (exact) mass is 304 g/mol. The van der Waals surface area contributed by atoms with Crippen LogP contribution in [0.1, 0.15) is 18.9 Å². The van der Waals surface area contributed by atoms with E-state index in [0.717, 1.165) is 0 Å². The van der Waals surface area contributed by atoms with Crippen LogP contribution in [0.15, 0.2) is 23.1 Å². The van der Waals surface area contributed by atoms with Gasteiger partial charge in [0.25, 0.3) is 0 Å². The van der Waals surface area contributed by atoms with Crippen molar-refractivity contribution in [3.63, 3.8) is 0 Å². The van der Waals surface area contributed by atoms with Crippen molar-refractivity contribution >= 4 is 10.0 Å². The average molecular weight is 304 g/mol. The van der Waals surface area contributed by atoms with E-state index in [2.05, 4.69) is 10.0 Å². The van der Waals surface area contributed by atoms with E-state index in [-0.39, 0.29) is 17.5 Å². The third-order valence-corrected chi connectivity index (χ3v) is 4.39. The second-order valence-corrected chi connectivity index (χ2v) is 6.30. The van der Waals surface area contributed by atoms with Crippen LogP contribution in [-0.2, 0) is 21.3 Å². The van der Waals surface area contributed by atoms with Crippen molar-refractivity contribution in [2.24, 2.45) is 0 Å². The van der Waals surface area contributed by atoms with Gasteiger partial charge in [0.15, 0.2) is 0 Å². The molecule has 1 atom stereocenters. The molecule has 1 unspecified atom stereocenters. The molecule has 0 heterocycles. The molecule has 20 heavy (non-hydrogen) atoms. The highest BCUT2D eigenvalue weighted by Gasteiger charge is 2.18. The number of sulfonamides is 1. The summed E-state index contributed by atoms with van der Waals surface area (Å²) in [6.45, 7) is 2.50. The molecule has 0 saturated carbocycles. The van der Waals surface area contributed by atoms with Crippen LogP contribution >= 0.6 is 0 Å². The smallest absolute Gasteiger partial charge is 0.240 e. The molecule has 0 aliphatic rings. The first-order valence-electron chi connectivity index (χ1n) is 6.35. The lowest BCUT2D eigenvalue weighted by molar-refractivity contribution is 0.188. The fourth-order valence-electron chi connectivity index (χ4n) is 1.73. The molecule has 0 saturated heterocycles. The normalized spacial score (nSPS) is 13.4. The van der Waals surface area contributed by atoms with Crippen molar-refractivity contribution in [2.75, 3.05) is 20.8 Å². The molecule has 0 amide bonds. The minimum Gasteiger partial charge on any atom is -0.385 e. The quantitative estimate of drug-likeness (QED) is 0.758. The fourth-order valence-corrected chi connectivity index (χ4v) is 3.06. The Morgan fingerprint density at radius 3 is 2.70 bits per heavy atom. The molecule has 1 rings (SSSR count). The Kier molecular flexibility index (Phi) is 6.54. The highest BCUT2D eigenvalue weighted by molar-refractivity contribution is 7.89. The summed E-state index contributed by atoms with van der Waals surface area (Å²) in [6.07, 6.45) is 0.570. The third kappa shape index (κ3) is 4.82. The Morgan fingerprint density at radius 1 is 1.40 bits per heavy atom. The van der Waals surface area contributed by atoms with Gasteiger partial charge in [0.1, 0.15) is 5.82 Å². The molecule has 0 aromatic heterocycles. The Hall–Kier alpha value is -1.02. The van der Waals surface area contributed by atoms with Crippen molar-refractivity contribution in [1.29, 1.82) is 0 Å². The first-order chi connectivity index (χ1) is 9.40. The maximum absolute atomic E-state index is 13.5. The van der Waals surface area contributed by atoms with Crippen LogP contribution in [0.3, 0.4) is 0 Å². The Labute approximate surface area is 119 Å². The lowest BCUT2D eigenvalue weighted by atomic mass is 10.2. The van der Waals surface area contributed by atoms with E-state index in [0.29, 0.717) is 18.6 Å². The summed E-state index contributed by atoms with van der Waals surface area (Å²) >= 11 is 0. The van der Waals surface area contributed by atoms with Crippen molar-refractivity contribution in [1.82, 2.24) is 10.0 Å². The van der Waals surface area contributed by atoms with Crippen LogP contribution in [0.5, 0.6) is 0 Å². The summed E-state index contributed by atoms with van der Waals surface area (Å²) in [5.74, 6) is -0.425. The first-order valence-corrected chi connectivity index (χ1v) is 7.83. The van der Waals surface area contributed by atoms with E-state index < -0.39 is 15.8 Å². The molecule has 0 radical (unpaired) electrons. The lowest BCUT2D eigenvalue weighted by Crippen LogP contribution is -2.33. The Morgan fingerprint density at radius 2 is 2.10 bits per heavy atom. The topological polar surface area (TPSA) is 67.4 Å². The van der Waals surface area contributed by atoms with Gasteiger partial charge in [-0.1, -0.05) is 0 Å². The largest absolute Gasteiger partial charge is 0.385 e. The van der Waals surface area contributed by atoms with Crippen LogP contribution in [0, 0.1) is 5.82 Å².